The summed E-state index contributed by atoms with van der Waals surface area (Å²) in [6, 6.07) is 6.03. The summed E-state index contributed by atoms with van der Waals surface area (Å²) in [7, 11) is -3.63. The number of rotatable bonds is 6. The molecule has 2 heterocycles. The van der Waals surface area contributed by atoms with Crippen LogP contribution in [0.1, 0.15) is 33.1 Å². The highest BCUT2D eigenvalue weighted by molar-refractivity contribution is 7.90. The van der Waals surface area contributed by atoms with E-state index in [9.17, 15) is 22.0 Å². The number of pyridine rings is 1. The molecule has 2 N–H and O–H groups in total. The van der Waals surface area contributed by atoms with Crippen LogP contribution in [0, 0.1) is 18.6 Å². The zero-order valence-corrected chi connectivity index (χ0v) is 17.9. The number of hydrogen-bond donors (Lipinski definition) is 1. The minimum atomic E-state index is -3.63. The number of aryl methyl sites for hydroxylation is 1. The van der Waals surface area contributed by atoms with Crippen molar-refractivity contribution in [3.8, 4) is 17.0 Å². The number of primary amides is 1. The number of sulfone groups is 1. The average molecular weight is 453 g/mol. The van der Waals surface area contributed by atoms with Crippen LogP contribution in [0.15, 0.2) is 41.4 Å². The molecule has 0 saturated carbocycles. The fourth-order valence-corrected chi connectivity index (χ4v) is 4.39. The summed E-state index contributed by atoms with van der Waals surface area (Å²) in [5.41, 5.74) is 6.42. The van der Waals surface area contributed by atoms with E-state index in [-0.39, 0.29) is 21.9 Å². The normalized spacial score (nSPS) is 12.6. The molecule has 10 heteroatoms. The van der Waals surface area contributed by atoms with E-state index < -0.39 is 33.5 Å². The van der Waals surface area contributed by atoms with Crippen molar-refractivity contribution in [2.75, 3.05) is 6.26 Å². The van der Waals surface area contributed by atoms with Crippen LogP contribution in [-0.4, -0.2) is 25.6 Å². The average Bonchev–Trinajstić information content (AvgIpc) is 3.02. The largest absolute Gasteiger partial charge is 0.484 e. The summed E-state index contributed by atoms with van der Waals surface area (Å²) in [4.78, 5) is 16.4. The van der Waals surface area contributed by atoms with Crippen molar-refractivity contribution < 1.29 is 26.7 Å². The Morgan fingerprint density at radius 2 is 1.87 bits per heavy atom. The Kier molecular flexibility index (Phi) is 5.91. The maximum absolute atomic E-state index is 14.0. The number of carbonyl (C=O) groups excluding carboxylic acids is 1. The van der Waals surface area contributed by atoms with Crippen LogP contribution in [0.2, 0.25) is 0 Å². The van der Waals surface area contributed by atoms with Crippen LogP contribution >= 0.6 is 11.3 Å². The molecule has 0 aliphatic heterocycles. The van der Waals surface area contributed by atoms with Gasteiger partial charge in [0.25, 0.3) is 5.91 Å². The van der Waals surface area contributed by atoms with Crippen LogP contribution in [0.5, 0.6) is 5.75 Å². The van der Waals surface area contributed by atoms with Gasteiger partial charge in [-0.3, -0.25) is 4.79 Å². The Balaban J connectivity index is 2.03. The van der Waals surface area contributed by atoms with Gasteiger partial charge in [0.05, 0.1) is 16.0 Å². The van der Waals surface area contributed by atoms with E-state index in [1.165, 1.54) is 17.4 Å². The lowest BCUT2D eigenvalue weighted by Gasteiger charge is -2.18. The van der Waals surface area contributed by atoms with E-state index in [0.717, 1.165) is 35.5 Å². The minimum Gasteiger partial charge on any atom is -0.484 e. The van der Waals surface area contributed by atoms with Gasteiger partial charge in [-0.25, -0.2) is 22.2 Å². The summed E-state index contributed by atoms with van der Waals surface area (Å²) in [5, 5.41) is 0. The first-order chi connectivity index (χ1) is 14.0. The molecule has 0 aliphatic rings. The fourth-order valence-electron chi connectivity index (χ4n) is 2.84. The lowest BCUT2D eigenvalue weighted by atomic mass is 10.1. The molecule has 1 unspecified atom stereocenters. The van der Waals surface area contributed by atoms with Crippen molar-refractivity contribution in [2.24, 2.45) is 5.73 Å². The number of thiophene rings is 1. The fraction of sp³-hybridized carbons (Fsp3) is 0.200. The van der Waals surface area contributed by atoms with Crippen molar-refractivity contribution >= 4 is 27.1 Å². The Bertz CT molecular complexity index is 1240. The molecule has 30 heavy (non-hydrogen) atoms. The molecular formula is C20H18F2N2O4S2. The number of halogens is 2. The standard InChI is InChI=1S/C20H18F2N2O4S2/c1-10(12-4-13(21)6-15(5-12)30(3,26)27)28-17-7-14(22)9-24-19(17)16-8-18(20(23)25)29-11(16)2/h4-10H,1-3H3,(H2,23,25). The predicted molar refractivity (Wildman–Crippen MR) is 109 cm³/mol. The second kappa shape index (κ2) is 8.11. The Morgan fingerprint density at radius 3 is 2.47 bits per heavy atom. The van der Waals surface area contributed by atoms with Crippen LogP contribution in [0.3, 0.4) is 0 Å². The molecule has 0 aliphatic carbocycles. The third-order valence-corrected chi connectivity index (χ3v) is 6.49. The predicted octanol–water partition coefficient (Wildman–Crippen LogP) is 4.04. The molecule has 158 valence electrons. The quantitative estimate of drug-likeness (QED) is 0.609. The highest BCUT2D eigenvalue weighted by Crippen LogP contribution is 2.37. The van der Waals surface area contributed by atoms with Crippen LogP contribution in [0.25, 0.3) is 11.3 Å². The molecule has 1 atom stereocenters. The molecule has 0 radical (unpaired) electrons. The SMILES string of the molecule is Cc1sc(C(N)=O)cc1-c1ncc(F)cc1OC(C)c1cc(F)cc(S(C)(=O)=O)c1. The molecule has 6 nitrogen and oxygen atoms in total. The van der Waals surface area contributed by atoms with Gasteiger partial charge in [-0.2, -0.15) is 0 Å². The lowest BCUT2D eigenvalue weighted by Crippen LogP contribution is -2.08. The van der Waals surface area contributed by atoms with Gasteiger partial charge in [-0.1, -0.05) is 0 Å². The third kappa shape index (κ3) is 4.65. The first-order valence-electron chi connectivity index (χ1n) is 8.69. The van der Waals surface area contributed by atoms with Gasteiger partial charge in [0.2, 0.25) is 0 Å². The lowest BCUT2D eigenvalue weighted by molar-refractivity contribution is 0.100. The first kappa shape index (κ1) is 21.8. The van der Waals surface area contributed by atoms with E-state index in [2.05, 4.69) is 4.98 Å². The van der Waals surface area contributed by atoms with Crippen molar-refractivity contribution in [2.45, 2.75) is 24.8 Å². The maximum atomic E-state index is 14.0. The number of carbonyl (C=O) groups is 1. The van der Waals surface area contributed by atoms with E-state index in [1.807, 2.05) is 0 Å². The summed E-state index contributed by atoms with van der Waals surface area (Å²) in [6.07, 6.45) is 1.16. The van der Waals surface area contributed by atoms with E-state index in [1.54, 1.807) is 19.9 Å². The number of hydrogen-bond acceptors (Lipinski definition) is 6. The van der Waals surface area contributed by atoms with Crippen molar-refractivity contribution in [1.82, 2.24) is 4.98 Å². The Morgan fingerprint density at radius 1 is 1.17 bits per heavy atom. The smallest absolute Gasteiger partial charge is 0.258 e. The van der Waals surface area contributed by atoms with Gasteiger partial charge in [-0.05, 0) is 43.7 Å². The Hall–Kier alpha value is -2.85. The summed E-state index contributed by atoms with van der Waals surface area (Å²) < 4.78 is 57.3. The topological polar surface area (TPSA) is 99.3 Å². The molecule has 1 aromatic carbocycles. The number of nitrogens with two attached hydrogens (primary N) is 1. The van der Waals surface area contributed by atoms with Gasteiger partial charge in [0, 0.05) is 22.8 Å². The van der Waals surface area contributed by atoms with Gasteiger partial charge in [0.1, 0.15) is 29.2 Å². The second-order valence-electron chi connectivity index (χ2n) is 6.70. The number of aromatic nitrogens is 1. The molecule has 0 bridgehead atoms. The van der Waals surface area contributed by atoms with Crippen molar-refractivity contribution in [3.63, 3.8) is 0 Å². The summed E-state index contributed by atoms with van der Waals surface area (Å²) in [5.74, 6) is -1.93. The second-order valence-corrected chi connectivity index (χ2v) is 9.97. The van der Waals surface area contributed by atoms with Gasteiger partial charge >= 0.3 is 0 Å². The van der Waals surface area contributed by atoms with Crippen LogP contribution in [0.4, 0.5) is 8.78 Å². The van der Waals surface area contributed by atoms with Gasteiger partial charge in [-0.15, -0.1) is 11.3 Å². The molecular weight excluding hydrogens is 434 g/mol. The maximum Gasteiger partial charge on any atom is 0.258 e. The van der Waals surface area contributed by atoms with Gasteiger partial charge in [0.15, 0.2) is 9.84 Å². The molecule has 0 fully saturated rings. The molecule has 2 aromatic heterocycles. The van der Waals surface area contributed by atoms with E-state index >= 15 is 0 Å². The molecule has 1 amide bonds. The molecule has 0 saturated heterocycles. The molecule has 3 aromatic rings. The van der Waals surface area contributed by atoms with Crippen molar-refractivity contribution in [1.29, 1.82) is 0 Å². The van der Waals surface area contributed by atoms with Crippen LogP contribution in [-0.2, 0) is 9.84 Å². The number of ether oxygens (including phenoxy) is 1. The van der Waals surface area contributed by atoms with E-state index in [4.69, 9.17) is 10.5 Å². The summed E-state index contributed by atoms with van der Waals surface area (Å²) in [6.45, 7) is 3.33. The summed E-state index contributed by atoms with van der Waals surface area (Å²) >= 11 is 1.17. The monoisotopic (exact) mass is 452 g/mol. The highest BCUT2D eigenvalue weighted by atomic mass is 32.2. The van der Waals surface area contributed by atoms with Crippen LogP contribution < -0.4 is 10.5 Å². The Labute approximate surface area is 176 Å². The molecule has 3 rings (SSSR count). The molecule has 0 spiro atoms. The number of nitrogens with zero attached hydrogens (tertiary/aromatic N) is 1. The van der Waals surface area contributed by atoms with E-state index in [0.29, 0.717) is 10.4 Å². The minimum absolute atomic E-state index is 0.0598. The number of amides is 1. The zero-order valence-electron chi connectivity index (χ0n) is 16.3. The first-order valence-corrected chi connectivity index (χ1v) is 11.4. The number of benzene rings is 1. The van der Waals surface area contributed by atoms with Crippen molar-refractivity contribution in [3.05, 3.63) is 63.5 Å². The third-order valence-electron chi connectivity index (χ3n) is 4.33. The highest BCUT2D eigenvalue weighted by Gasteiger charge is 2.20. The zero-order chi connectivity index (χ0) is 22.2. The van der Waals surface area contributed by atoms with Gasteiger partial charge < -0.3 is 10.5 Å².